The summed E-state index contributed by atoms with van der Waals surface area (Å²) in [6.07, 6.45) is 0. The number of carbonyl (C=O) groups excluding carboxylic acids is 1. The zero-order valence-corrected chi connectivity index (χ0v) is 10.9. The number of halogens is 2. The number of methoxy groups -OCH3 is 1. The highest BCUT2D eigenvalue weighted by Gasteiger charge is 2.12. The lowest BCUT2D eigenvalue weighted by atomic mass is 10.2. The van der Waals surface area contributed by atoms with Crippen molar-refractivity contribution in [3.63, 3.8) is 0 Å². The van der Waals surface area contributed by atoms with Crippen LogP contribution in [0.5, 0.6) is 0 Å². The molecule has 0 radical (unpaired) electrons. The first-order valence-electron chi connectivity index (χ1n) is 4.08. The van der Waals surface area contributed by atoms with E-state index < -0.39 is 0 Å². The Morgan fingerprint density at radius 3 is 2.87 bits per heavy atom. The molecule has 0 unspecified atom stereocenters. The highest BCUT2D eigenvalue weighted by molar-refractivity contribution is 9.10. The third-order valence-electron chi connectivity index (χ3n) is 1.92. The van der Waals surface area contributed by atoms with Crippen LogP contribution in [-0.4, -0.2) is 13.1 Å². The van der Waals surface area contributed by atoms with Crippen molar-refractivity contribution in [3.8, 4) is 0 Å². The van der Waals surface area contributed by atoms with Gasteiger partial charge in [0, 0.05) is 14.2 Å². The topological polar surface area (TPSA) is 26.3 Å². The molecule has 1 aromatic carbocycles. The molecular weight excluding hydrogens is 300 g/mol. The predicted molar refractivity (Wildman–Crippen MR) is 65.9 cm³/mol. The van der Waals surface area contributed by atoms with Gasteiger partial charge in [-0.3, -0.25) is 0 Å². The summed E-state index contributed by atoms with van der Waals surface area (Å²) in [6.45, 7) is 0. The van der Waals surface area contributed by atoms with E-state index >= 15 is 0 Å². The second-order valence-corrected chi connectivity index (χ2v) is 5.25. The molecule has 0 saturated heterocycles. The van der Waals surface area contributed by atoms with Gasteiger partial charge in [0.1, 0.15) is 4.88 Å². The third-order valence-corrected chi connectivity index (χ3v) is 4.19. The fourth-order valence-electron chi connectivity index (χ4n) is 1.28. The molecule has 5 heteroatoms. The van der Waals surface area contributed by atoms with Gasteiger partial charge in [-0.05, 0) is 39.5 Å². The molecule has 78 valence electrons. The molecule has 0 saturated carbocycles. The molecule has 2 nitrogen and oxygen atoms in total. The maximum Gasteiger partial charge on any atom is 0.348 e. The van der Waals surface area contributed by atoms with Gasteiger partial charge in [-0.25, -0.2) is 4.79 Å². The number of benzene rings is 1. The van der Waals surface area contributed by atoms with Gasteiger partial charge < -0.3 is 4.74 Å². The summed E-state index contributed by atoms with van der Waals surface area (Å²) >= 11 is 10.7. The van der Waals surface area contributed by atoms with E-state index in [1.807, 2.05) is 6.07 Å². The predicted octanol–water partition coefficient (Wildman–Crippen LogP) is 4.10. The van der Waals surface area contributed by atoms with E-state index in [1.165, 1.54) is 18.4 Å². The van der Waals surface area contributed by atoms with E-state index in [9.17, 15) is 4.79 Å². The molecule has 0 aliphatic rings. The largest absolute Gasteiger partial charge is 0.465 e. The standard InChI is InChI=1S/C10H6BrClO2S/c1-14-10(13)8-3-5-2-6(12)4-7(11)9(5)15-8/h2-4H,1H3. The Hall–Kier alpha value is -0.580. The van der Waals surface area contributed by atoms with Crippen LogP contribution >= 0.6 is 38.9 Å². The Kier molecular flexibility index (Phi) is 3.00. The zero-order valence-electron chi connectivity index (χ0n) is 7.71. The van der Waals surface area contributed by atoms with Crippen LogP contribution in [0.25, 0.3) is 10.1 Å². The van der Waals surface area contributed by atoms with Crippen LogP contribution in [0.2, 0.25) is 5.02 Å². The monoisotopic (exact) mass is 304 g/mol. The van der Waals surface area contributed by atoms with E-state index in [0.29, 0.717) is 9.90 Å². The average Bonchev–Trinajstić information content (AvgIpc) is 2.60. The number of fused-ring (bicyclic) bond motifs is 1. The molecule has 15 heavy (non-hydrogen) atoms. The maximum atomic E-state index is 11.3. The highest BCUT2D eigenvalue weighted by Crippen LogP contribution is 2.34. The van der Waals surface area contributed by atoms with Gasteiger partial charge in [0.05, 0.1) is 7.11 Å². The van der Waals surface area contributed by atoms with Gasteiger partial charge in [-0.1, -0.05) is 11.6 Å². The van der Waals surface area contributed by atoms with Gasteiger partial charge in [-0.2, -0.15) is 0 Å². The summed E-state index contributed by atoms with van der Waals surface area (Å²) in [4.78, 5) is 11.9. The first kappa shape index (κ1) is 10.9. The number of hydrogen-bond donors (Lipinski definition) is 0. The third kappa shape index (κ3) is 2.02. The van der Waals surface area contributed by atoms with Crippen molar-refractivity contribution >= 4 is 54.9 Å². The smallest absolute Gasteiger partial charge is 0.348 e. The minimum Gasteiger partial charge on any atom is -0.465 e. The Morgan fingerprint density at radius 2 is 2.20 bits per heavy atom. The molecule has 2 aromatic rings. The van der Waals surface area contributed by atoms with Gasteiger partial charge in [0.2, 0.25) is 0 Å². The van der Waals surface area contributed by atoms with Crippen molar-refractivity contribution in [2.75, 3.05) is 7.11 Å². The SMILES string of the molecule is COC(=O)c1cc2cc(Cl)cc(Br)c2s1. The van der Waals surface area contributed by atoms with Gasteiger partial charge in [0.25, 0.3) is 0 Å². The van der Waals surface area contributed by atoms with Crippen LogP contribution in [0, 0.1) is 0 Å². The summed E-state index contributed by atoms with van der Waals surface area (Å²) in [5, 5.41) is 1.59. The van der Waals surface area contributed by atoms with Crippen molar-refractivity contribution in [1.29, 1.82) is 0 Å². The van der Waals surface area contributed by atoms with Crippen LogP contribution < -0.4 is 0 Å². The molecule has 0 aliphatic carbocycles. The first-order chi connectivity index (χ1) is 7.11. The molecule has 0 N–H and O–H groups in total. The summed E-state index contributed by atoms with van der Waals surface area (Å²) in [5.74, 6) is -0.320. The Bertz CT molecular complexity index is 535. The summed E-state index contributed by atoms with van der Waals surface area (Å²) in [6, 6.07) is 5.41. The van der Waals surface area contributed by atoms with E-state index in [0.717, 1.165) is 14.6 Å². The number of thiophene rings is 1. The van der Waals surface area contributed by atoms with Crippen molar-refractivity contribution < 1.29 is 9.53 Å². The first-order valence-corrected chi connectivity index (χ1v) is 6.07. The van der Waals surface area contributed by atoms with Crippen molar-refractivity contribution in [2.45, 2.75) is 0 Å². The highest BCUT2D eigenvalue weighted by atomic mass is 79.9. The van der Waals surface area contributed by atoms with Crippen LogP contribution in [0.3, 0.4) is 0 Å². The van der Waals surface area contributed by atoms with Crippen LogP contribution in [0.4, 0.5) is 0 Å². The van der Waals surface area contributed by atoms with Crippen molar-refractivity contribution in [3.05, 3.63) is 32.6 Å². The van der Waals surface area contributed by atoms with Gasteiger partial charge >= 0.3 is 5.97 Å². The van der Waals surface area contributed by atoms with E-state index in [4.69, 9.17) is 11.6 Å². The average molecular weight is 306 g/mol. The lowest BCUT2D eigenvalue weighted by Gasteiger charge is -1.94. The number of ether oxygens (including phenoxy) is 1. The number of rotatable bonds is 1. The van der Waals surface area contributed by atoms with Crippen molar-refractivity contribution in [1.82, 2.24) is 0 Å². The molecule has 0 atom stereocenters. The summed E-state index contributed by atoms with van der Waals surface area (Å²) < 4.78 is 6.55. The second kappa shape index (κ2) is 4.12. The molecule has 0 fully saturated rings. The van der Waals surface area contributed by atoms with E-state index in [1.54, 1.807) is 12.1 Å². The minimum atomic E-state index is -0.320. The van der Waals surface area contributed by atoms with E-state index in [-0.39, 0.29) is 5.97 Å². The van der Waals surface area contributed by atoms with Gasteiger partial charge in [-0.15, -0.1) is 11.3 Å². The number of hydrogen-bond acceptors (Lipinski definition) is 3. The molecule has 1 aromatic heterocycles. The second-order valence-electron chi connectivity index (χ2n) is 2.91. The molecule has 1 heterocycles. The lowest BCUT2D eigenvalue weighted by molar-refractivity contribution is 0.0606. The summed E-state index contributed by atoms with van der Waals surface area (Å²) in [5.41, 5.74) is 0. The van der Waals surface area contributed by atoms with Crippen LogP contribution in [0.15, 0.2) is 22.7 Å². The molecular formula is C10H6BrClO2S. The normalized spacial score (nSPS) is 10.6. The molecule has 0 aliphatic heterocycles. The van der Waals surface area contributed by atoms with E-state index in [2.05, 4.69) is 20.7 Å². The maximum absolute atomic E-state index is 11.3. The Balaban J connectivity index is 2.65. The fraction of sp³-hybridized carbons (Fsp3) is 0.100. The fourth-order valence-corrected chi connectivity index (χ4v) is 3.32. The van der Waals surface area contributed by atoms with Crippen LogP contribution in [-0.2, 0) is 4.74 Å². The molecule has 0 spiro atoms. The summed E-state index contributed by atoms with van der Waals surface area (Å²) in [7, 11) is 1.37. The number of carbonyl (C=O) groups is 1. The Morgan fingerprint density at radius 1 is 1.47 bits per heavy atom. The Labute approximate surface area is 104 Å². The minimum absolute atomic E-state index is 0.320. The van der Waals surface area contributed by atoms with Crippen molar-refractivity contribution in [2.24, 2.45) is 0 Å². The lowest BCUT2D eigenvalue weighted by Crippen LogP contribution is -1.96. The molecule has 0 bridgehead atoms. The van der Waals surface area contributed by atoms with Gasteiger partial charge in [0.15, 0.2) is 0 Å². The number of esters is 1. The molecule has 0 amide bonds. The van der Waals surface area contributed by atoms with Crippen LogP contribution in [0.1, 0.15) is 9.67 Å². The zero-order chi connectivity index (χ0) is 11.0. The molecule has 2 rings (SSSR count). The quantitative estimate of drug-likeness (QED) is 0.741.